The van der Waals surface area contributed by atoms with Crippen molar-refractivity contribution in [3.8, 4) is 0 Å². The third kappa shape index (κ3) is 4.53. The number of hydrogen-bond donors (Lipinski definition) is 1. The molecule has 2 rings (SSSR count). The van der Waals surface area contributed by atoms with Crippen LogP contribution in [0.1, 0.15) is 56.9 Å². The zero-order valence-corrected chi connectivity index (χ0v) is 13.1. The second-order valence-corrected chi connectivity index (χ2v) is 6.10. The van der Waals surface area contributed by atoms with Gasteiger partial charge in [-0.05, 0) is 51.1 Å². The van der Waals surface area contributed by atoms with Crippen molar-refractivity contribution in [1.82, 2.24) is 15.3 Å². The molecule has 112 valence electrons. The number of nitrogens with zero attached hydrogens (tertiary/aromatic N) is 2. The van der Waals surface area contributed by atoms with Crippen LogP contribution in [-0.2, 0) is 11.3 Å². The lowest BCUT2D eigenvalue weighted by Gasteiger charge is -2.16. The molecule has 4 nitrogen and oxygen atoms in total. The van der Waals surface area contributed by atoms with Crippen LogP contribution in [0.25, 0.3) is 0 Å². The van der Waals surface area contributed by atoms with Crippen molar-refractivity contribution in [2.24, 2.45) is 11.8 Å². The summed E-state index contributed by atoms with van der Waals surface area (Å²) in [5.41, 5.74) is 2.10. The fraction of sp³-hybridized carbons (Fsp3) is 0.750. The van der Waals surface area contributed by atoms with Crippen LogP contribution in [0.3, 0.4) is 0 Å². The van der Waals surface area contributed by atoms with Gasteiger partial charge in [0.05, 0.1) is 5.69 Å². The van der Waals surface area contributed by atoms with E-state index in [1.165, 1.54) is 12.8 Å². The average molecular weight is 277 g/mol. The first-order valence-corrected chi connectivity index (χ1v) is 7.77. The predicted molar refractivity (Wildman–Crippen MR) is 80.4 cm³/mol. The van der Waals surface area contributed by atoms with E-state index in [9.17, 15) is 0 Å². The number of ether oxygens (including phenoxy) is 1. The lowest BCUT2D eigenvalue weighted by molar-refractivity contribution is 0.0397. The third-order valence-electron chi connectivity index (χ3n) is 3.43. The molecule has 0 radical (unpaired) electrons. The molecule has 0 amide bonds. The van der Waals surface area contributed by atoms with Gasteiger partial charge in [-0.15, -0.1) is 0 Å². The summed E-state index contributed by atoms with van der Waals surface area (Å²) in [6.07, 6.45) is 2.56. The highest BCUT2D eigenvalue weighted by atomic mass is 16.5. The minimum Gasteiger partial charge on any atom is -0.370 e. The minimum atomic E-state index is 0.0868. The third-order valence-corrected chi connectivity index (χ3v) is 3.43. The monoisotopic (exact) mass is 277 g/mol. The second kappa shape index (κ2) is 7.14. The first kappa shape index (κ1) is 15.4. The lowest BCUT2D eigenvalue weighted by atomic mass is 10.2. The molecular weight excluding hydrogens is 250 g/mol. The molecule has 0 aliphatic heterocycles. The molecule has 1 aromatic rings. The van der Waals surface area contributed by atoms with E-state index in [1.807, 2.05) is 13.8 Å². The van der Waals surface area contributed by atoms with Crippen LogP contribution >= 0.6 is 0 Å². The Morgan fingerprint density at radius 2 is 2.10 bits per heavy atom. The van der Waals surface area contributed by atoms with E-state index >= 15 is 0 Å². The largest absolute Gasteiger partial charge is 0.370 e. The molecule has 1 unspecified atom stereocenters. The van der Waals surface area contributed by atoms with Crippen LogP contribution < -0.4 is 5.32 Å². The lowest BCUT2D eigenvalue weighted by Crippen LogP contribution is -2.21. The molecule has 1 aliphatic carbocycles. The van der Waals surface area contributed by atoms with Crippen LogP contribution in [0.5, 0.6) is 0 Å². The van der Waals surface area contributed by atoms with Gasteiger partial charge >= 0.3 is 0 Å². The molecule has 1 N–H and O–H groups in total. The summed E-state index contributed by atoms with van der Waals surface area (Å²) in [6, 6.07) is 2.06. The van der Waals surface area contributed by atoms with Crippen molar-refractivity contribution in [2.45, 2.75) is 53.2 Å². The van der Waals surface area contributed by atoms with Gasteiger partial charge in [-0.1, -0.05) is 13.8 Å². The first-order valence-electron chi connectivity index (χ1n) is 7.77. The Balaban J connectivity index is 2.06. The maximum Gasteiger partial charge on any atom is 0.157 e. The van der Waals surface area contributed by atoms with E-state index in [-0.39, 0.29) is 6.10 Å². The topological polar surface area (TPSA) is 47.0 Å². The normalized spacial score (nSPS) is 16.6. The van der Waals surface area contributed by atoms with Crippen LogP contribution in [0.15, 0.2) is 6.07 Å². The molecule has 0 saturated heterocycles. The summed E-state index contributed by atoms with van der Waals surface area (Å²) in [6.45, 7) is 11.0. The van der Waals surface area contributed by atoms with Gasteiger partial charge in [-0.3, -0.25) is 0 Å². The average Bonchev–Trinajstić information content (AvgIpc) is 3.19. The summed E-state index contributed by atoms with van der Waals surface area (Å²) in [4.78, 5) is 9.31. The predicted octanol–water partition coefficient (Wildman–Crippen LogP) is 3.02. The zero-order valence-electron chi connectivity index (χ0n) is 13.1. The molecule has 4 heteroatoms. The Kier molecular flexibility index (Phi) is 5.49. The standard InChI is InChI=1S/C16H27N3O/c1-5-20-15(13-6-7-13)16-18-12(4)8-14(19-16)10-17-9-11(2)3/h8,11,13,15,17H,5-7,9-10H2,1-4H3. The van der Waals surface area contributed by atoms with Gasteiger partial charge in [-0.25, -0.2) is 9.97 Å². The quantitative estimate of drug-likeness (QED) is 0.793. The molecule has 1 fully saturated rings. The molecule has 1 aliphatic rings. The van der Waals surface area contributed by atoms with Crippen molar-refractivity contribution < 1.29 is 4.74 Å². The molecule has 1 aromatic heterocycles. The summed E-state index contributed by atoms with van der Waals surface area (Å²) in [5, 5.41) is 3.44. The van der Waals surface area contributed by atoms with E-state index in [0.29, 0.717) is 11.8 Å². The highest BCUT2D eigenvalue weighted by molar-refractivity contribution is 5.12. The summed E-state index contributed by atoms with van der Waals surface area (Å²) >= 11 is 0. The van der Waals surface area contributed by atoms with Gasteiger partial charge in [0.1, 0.15) is 6.10 Å². The molecule has 0 aromatic carbocycles. The minimum absolute atomic E-state index is 0.0868. The van der Waals surface area contributed by atoms with E-state index < -0.39 is 0 Å². The zero-order chi connectivity index (χ0) is 14.5. The van der Waals surface area contributed by atoms with E-state index in [1.54, 1.807) is 0 Å². The van der Waals surface area contributed by atoms with Gasteiger partial charge < -0.3 is 10.1 Å². The highest BCUT2D eigenvalue weighted by Crippen LogP contribution is 2.42. The Morgan fingerprint density at radius 3 is 2.70 bits per heavy atom. The van der Waals surface area contributed by atoms with Crippen molar-refractivity contribution in [1.29, 1.82) is 0 Å². The van der Waals surface area contributed by atoms with Crippen LogP contribution in [0, 0.1) is 18.8 Å². The molecule has 0 bridgehead atoms. The van der Waals surface area contributed by atoms with Crippen molar-refractivity contribution in [3.63, 3.8) is 0 Å². The summed E-state index contributed by atoms with van der Waals surface area (Å²) < 4.78 is 5.86. The number of rotatable bonds is 8. The smallest absolute Gasteiger partial charge is 0.157 e. The van der Waals surface area contributed by atoms with Gasteiger partial charge in [-0.2, -0.15) is 0 Å². The number of nitrogens with one attached hydrogen (secondary N) is 1. The van der Waals surface area contributed by atoms with Gasteiger partial charge in [0.15, 0.2) is 5.82 Å². The van der Waals surface area contributed by atoms with E-state index in [0.717, 1.165) is 36.9 Å². The summed E-state index contributed by atoms with van der Waals surface area (Å²) in [7, 11) is 0. The number of aryl methyl sites for hydroxylation is 1. The fourth-order valence-corrected chi connectivity index (χ4v) is 2.37. The van der Waals surface area contributed by atoms with Gasteiger partial charge in [0.25, 0.3) is 0 Å². The van der Waals surface area contributed by atoms with Crippen molar-refractivity contribution >= 4 is 0 Å². The molecule has 20 heavy (non-hydrogen) atoms. The van der Waals surface area contributed by atoms with Gasteiger partial charge in [0.2, 0.25) is 0 Å². The SMILES string of the molecule is CCOC(c1nc(C)cc(CNCC(C)C)n1)C1CC1. The van der Waals surface area contributed by atoms with Crippen LogP contribution in [0.4, 0.5) is 0 Å². The van der Waals surface area contributed by atoms with E-state index in [2.05, 4.69) is 30.2 Å². The Morgan fingerprint density at radius 1 is 1.35 bits per heavy atom. The summed E-state index contributed by atoms with van der Waals surface area (Å²) in [5.74, 6) is 2.14. The molecule has 0 spiro atoms. The van der Waals surface area contributed by atoms with Crippen molar-refractivity contribution in [2.75, 3.05) is 13.2 Å². The number of hydrogen-bond acceptors (Lipinski definition) is 4. The highest BCUT2D eigenvalue weighted by Gasteiger charge is 2.35. The fourth-order valence-electron chi connectivity index (χ4n) is 2.37. The maximum atomic E-state index is 5.86. The number of aromatic nitrogens is 2. The van der Waals surface area contributed by atoms with Crippen LogP contribution in [0.2, 0.25) is 0 Å². The Labute approximate surface area is 122 Å². The second-order valence-electron chi connectivity index (χ2n) is 6.10. The maximum absolute atomic E-state index is 5.86. The Hall–Kier alpha value is -1.00. The van der Waals surface area contributed by atoms with Crippen LogP contribution in [-0.4, -0.2) is 23.1 Å². The first-order chi connectivity index (χ1) is 9.60. The molecule has 1 saturated carbocycles. The molecule has 1 heterocycles. The van der Waals surface area contributed by atoms with E-state index in [4.69, 9.17) is 9.72 Å². The molecular formula is C16H27N3O. The Bertz CT molecular complexity index is 430. The van der Waals surface area contributed by atoms with Crippen molar-refractivity contribution in [3.05, 3.63) is 23.3 Å². The van der Waals surface area contributed by atoms with Gasteiger partial charge in [0, 0.05) is 18.8 Å². The molecule has 1 atom stereocenters.